The van der Waals surface area contributed by atoms with Gasteiger partial charge in [-0.15, -0.1) is 5.10 Å². The summed E-state index contributed by atoms with van der Waals surface area (Å²) in [6, 6.07) is 8.03. The first kappa shape index (κ1) is 19.4. The molecular formula is C19H24N8OS. The Hall–Kier alpha value is -2.88. The van der Waals surface area contributed by atoms with Crippen LogP contribution in [-0.4, -0.2) is 62.2 Å². The molecule has 0 amide bonds. The van der Waals surface area contributed by atoms with E-state index in [0.29, 0.717) is 29.6 Å². The lowest BCUT2D eigenvalue weighted by Gasteiger charge is -2.16. The third-order valence-electron chi connectivity index (χ3n) is 4.50. The quantitative estimate of drug-likeness (QED) is 0.442. The fourth-order valence-electron chi connectivity index (χ4n) is 2.96. The Morgan fingerprint density at radius 2 is 1.83 bits per heavy atom. The molecule has 0 spiro atoms. The van der Waals surface area contributed by atoms with Gasteiger partial charge in [-0.3, -0.25) is 0 Å². The second-order valence-electron chi connectivity index (χ2n) is 6.68. The van der Waals surface area contributed by atoms with E-state index in [-0.39, 0.29) is 0 Å². The molecule has 4 rings (SSSR count). The molecule has 0 bridgehead atoms. The zero-order valence-corrected chi connectivity index (χ0v) is 17.4. The van der Waals surface area contributed by atoms with Crippen LogP contribution in [0.5, 0.6) is 5.75 Å². The third-order valence-corrected chi connectivity index (χ3v) is 5.32. The molecular weight excluding hydrogens is 388 g/mol. The molecule has 10 heteroatoms. The fourth-order valence-corrected chi connectivity index (χ4v) is 3.58. The van der Waals surface area contributed by atoms with Gasteiger partial charge in [-0.2, -0.15) is 19.6 Å². The summed E-state index contributed by atoms with van der Waals surface area (Å²) in [7, 11) is 1.80. The van der Waals surface area contributed by atoms with Crippen LogP contribution < -0.4 is 15.0 Å². The average Bonchev–Trinajstić information content (AvgIpc) is 3.44. The van der Waals surface area contributed by atoms with Crippen molar-refractivity contribution in [2.75, 3.05) is 42.7 Å². The molecule has 29 heavy (non-hydrogen) atoms. The molecule has 0 radical (unpaired) electrons. The second kappa shape index (κ2) is 9.08. The summed E-state index contributed by atoms with van der Waals surface area (Å²) in [5.74, 6) is 3.27. The molecule has 152 valence electrons. The number of thioether (sulfide) groups is 1. The molecule has 1 fully saturated rings. The average molecular weight is 413 g/mol. The number of benzene rings is 1. The van der Waals surface area contributed by atoms with Crippen molar-refractivity contribution in [3.05, 3.63) is 36.2 Å². The number of nitrogens with zero attached hydrogens (tertiary/aromatic N) is 7. The Bertz CT molecular complexity index is 940. The molecule has 9 nitrogen and oxygen atoms in total. The zero-order valence-electron chi connectivity index (χ0n) is 16.6. The van der Waals surface area contributed by atoms with Gasteiger partial charge in [0.05, 0.1) is 6.61 Å². The SMILES string of the molecule is CNc1nc(N2CCCC2)nc(-n2cnc(SCCOc3ccc(C)cc3)n2)n1. The van der Waals surface area contributed by atoms with Crippen LogP contribution in [0.3, 0.4) is 0 Å². The van der Waals surface area contributed by atoms with E-state index in [1.54, 1.807) is 18.1 Å². The van der Waals surface area contributed by atoms with E-state index in [1.807, 2.05) is 24.3 Å². The molecule has 3 aromatic rings. The Balaban J connectivity index is 1.38. The highest BCUT2D eigenvalue weighted by molar-refractivity contribution is 7.99. The number of aromatic nitrogens is 6. The summed E-state index contributed by atoms with van der Waals surface area (Å²) in [5.41, 5.74) is 1.22. The summed E-state index contributed by atoms with van der Waals surface area (Å²) in [6.45, 7) is 4.57. The molecule has 1 aromatic carbocycles. The van der Waals surface area contributed by atoms with Crippen molar-refractivity contribution in [3.8, 4) is 11.7 Å². The topological polar surface area (TPSA) is 93.9 Å². The molecule has 2 aromatic heterocycles. The van der Waals surface area contributed by atoms with Crippen molar-refractivity contribution in [3.63, 3.8) is 0 Å². The van der Waals surface area contributed by atoms with E-state index in [1.165, 1.54) is 17.3 Å². The van der Waals surface area contributed by atoms with Crippen molar-refractivity contribution in [1.82, 2.24) is 29.7 Å². The van der Waals surface area contributed by atoms with E-state index in [2.05, 4.69) is 42.2 Å². The Labute approximate surface area is 173 Å². The molecule has 0 unspecified atom stereocenters. The smallest absolute Gasteiger partial charge is 0.258 e. The number of hydrogen-bond acceptors (Lipinski definition) is 9. The predicted octanol–water partition coefficient (Wildman–Crippen LogP) is 2.57. The van der Waals surface area contributed by atoms with Crippen molar-refractivity contribution in [1.29, 1.82) is 0 Å². The minimum atomic E-state index is 0.460. The lowest BCUT2D eigenvalue weighted by atomic mass is 10.2. The largest absolute Gasteiger partial charge is 0.493 e. The van der Waals surface area contributed by atoms with E-state index < -0.39 is 0 Å². The van der Waals surface area contributed by atoms with Crippen LogP contribution in [0.1, 0.15) is 18.4 Å². The van der Waals surface area contributed by atoms with Crippen molar-refractivity contribution in [2.45, 2.75) is 24.9 Å². The van der Waals surface area contributed by atoms with Crippen LogP contribution in [-0.2, 0) is 0 Å². The van der Waals surface area contributed by atoms with Gasteiger partial charge in [0.15, 0.2) is 0 Å². The van der Waals surface area contributed by atoms with Crippen LogP contribution in [0.2, 0.25) is 0 Å². The van der Waals surface area contributed by atoms with Gasteiger partial charge < -0.3 is 15.0 Å². The van der Waals surface area contributed by atoms with Gasteiger partial charge in [0.2, 0.25) is 17.1 Å². The molecule has 1 saturated heterocycles. The maximum Gasteiger partial charge on any atom is 0.258 e. The predicted molar refractivity (Wildman–Crippen MR) is 113 cm³/mol. The number of ether oxygens (including phenoxy) is 1. The van der Waals surface area contributed by atoms with Crippen LogP contribution >= 0.6 is 11.8 Å². The van der Waals surface area contributed by atoms with Crippen LogP contribution in [0.15, 0.2) is 35.7 Å². The number of nitrogens with one attached hydrogen (secondary N) is 1. The number of hydrogen-bond donors (Lipinski definition) is 1. The molecule has 0 saturated carbocycles. The van der Waals surface area contributed by atoms with Crippen LogP contribution in [0.25, 0.3) is 5.95 Å². The minimum absolute atomic E-state index is 0.460. The molecule has 1 N–H and O–H groups in total. The Morgan fingerprint density at radius 3 is 2.59 bits per heavy atom. The monoisotopic (exact) mass is 412 g/mol. The van der Waals surface area contributed by atoms with Crippen molar-refractivity contribution in [2.24, 2.45) is 0 Å². The molecule has 0 aliphatic carbocycles. The maximum atomic E-state index is 5.75. The first-order chi connectivity index (χ1) is 14.2. The van der Waals surface area contributed by atoms with Crippen LogP contribution in [0, 0.1) is 6.92 Å². The summed E-state index contributed by atoms with van der Waals surface area (Å²) < 4.78 is 7.34. The summed E-state index contributed by atoms with van der Waals surface area (Å²) in [6.07, 6.45) is 3.95. The maximum absolute atomic E-state index is 5.75. The molecule has 3 heterocycles. The van der Waals surface area contributed by atoms with Crippen molar-refractivity contribution < 1.29 is 4.74 Å². The van der Waals surface area contributed by atoms with Gasteiger partial charge in [0.25, 0.3) is 5.95 Å². The summed E-state index contributed by atoms with van der Waals surface area (Å²) in [4.78, 5) is 20.0. The normalized spacial score (nSPS) is 13.7. The van der Waals surface area contributed by atoms with Gasteiger partial charge in [-0.05, 0) is 31.9 Å². The highest BCUT2D eigenvalue weighted by atomic mass is 32.2. The molecule has 1 aliphatic heterocycles. The Morgan fingerprint density at radius 1 is 1.07 bits per heavy atom. The van der Waals surface area contributed by atoms with E-state index in [9.17, 15) is 0 Å². The highest BCUT2D eigenvalue weighted by Crippen LogP contribution is 2.19. The van der Waals surface area contributed by atoms with Crippen molar-refractivity contribution >= 4 is 23.7 Å². The molecule has 1 aliphatic rings. The number of anilines is 2. The minimum Gasteiger partial charge on any atom is -0.493 e. The van der Waals surface area contributed by atoms with E-state index in [0.717, 1.165) is 37.4 Å². The third kappa shape index (κ3) is 4.94. The molecule has 0 atom stereocenters. The Kier molecular flexibility index (Phi) is 6.09. The van der Waals surface area contributed by atoms with E-state index in [4.69, 9.17) is 4.74 Å². The first-order valence-electron chi connectivity index (χ1n) is 9.64. The lowest BCUT2D eigenvalue weighted by Crippen LogP contribution is -2.22. The standard InChI is InChI=1S/C19H24N8OS/c1-14-5-7-15(8-6-14)28-11-12-29-19-21-13-27(25-19)18-23-16(20-2)22-17(24-18)26-9-3-4-10-26/h5-8,13H,3-4,9-12H2,1-2H3,(H,20,22,23,24). The van der Waals surface area contributed by atoms with Gasteiger partial charge in [0, 0.05) is 25.9 Å². The van der Waals surface area contributed by atoms with Gasteiger partial charge in [0.1, 0.15) is 12.1 Å². The van der Waals surface area contributed by atoms with Gasteiger partial charge in [-0.1, -0.05) is 29.5 Å². The summed E-state index contributed by atoms with van der Waals surface area (Å²) in [5, 5.41) is 8.15. The fraction of sp³-hybridized carbons (Fsp3) is 0.421. The van der Waals surface area contributed by atoms with E-state index >= 15 is 0 Å². The lowest BCUT2D eigenvalue weighted by molar-refractivity contribution is 0.344. The number of aryl methyl sites for hydroxylation is 1. The highest BCUT2D eigenvalue weighted by Gasteiger charge is 2.18. The first-order valence-corrected chi connectivity index (χ1v) is 10.6. The zero-order chi connectivity index (χ0) is 20.1. The number of rotatable bonds is 8. The van der Waals surface area contributed by atoms with Crippen LogP contribution in [0.4, 0.5) is 11.9 Å². The second-order valence-corrected chi connectivity index (χ2v) is 7.75. The van der Waals surface area contributed by atoms with Gasteiger partial charge >= 0.3 is 0 Å². The van der Waals surface area contributed by atoms with Gasteiger partial charge in [-0.25, -0.2) is 4.98 Å². The summed E-state index contributed by atoms with van der Waals surface area (Å²) >= 11 is 1.53.